The molecule has 6 heteroatoms. The molecule has 0 N–H and O–H groups in total. The topological polar surface area (TPSA) is 53.7 Å². The van der Waals surface area contributed by atoms with Crippen molar-refractivity contribution in [2.24, 2.45) is 0 Å². The fourth-order valence-corrected chi connectivity index (χ4v) is 8.79. The predicted octanol–water partition coefficient (Wildman–Crippen LogP) is 12.7. The maximum Gasteiger partial charge on any atom is 0.136 e. The summed E-state index contributed by atoms with van der Waals surface area (Å²) < 4.78 is 13.1. The summed E-state index contributed by atoms with van der Waals surface area (Å²) in [6.07, 6.45) is 0. The Labute approximate surface area is 320 Å². The van der Waals surface area contributed by atoms with Crippen molar-refractivity contribution < 1.29 is 4.42 Å². The maximum absolute atomic E-state index is 6.35. The van der Waals surface area contributed by atoms with Crippen molar-refractivity contribution >= 4 is 65.6 Å². The second-order valence-corrected chi connectivity index (χ2v) is 14.3. The van der Waals surface area contributed by atoms with Crippen LogP contribution in [-0.4, -0.2) is 24.1 Å². The van der Waals surface area contributed by atoms with Gasteiger partial charge in [0.1, 0.15) is 22.6 Å². The molecule has 0 saturated heterocycles. The number of aromatic nitrogens is 5. The van der Waals surface area contributed by atoms with Gasteiger partial charge in [0.05, 0.1) is 27.8 Å². The zero-order valence-corrected chi connectivity index (χ0v) is 30.0. The standard InChI is InChI=1S/C50H31N5O/c1-3-15-32(16-4-1)49-50(55(52-51-49)33-17-5-2-6-18-33)39-24-14-27-44-48(39)38-23-8-11-26-43(38)53(44)34-19-13-20-35(29-34)54-42-25-10-7-21-36(42)40-31-47-41(30-45(40)54)37-22-9-12-28-46(37)56-47/h1-31H. The molecule has 12 aromatic rings. The number of hydrogen-bond acceptors (Lipinski definition) is 3. The van der Waals surface area contributed by atoms with Gasteiger partial charge >= 0.3 is 0 Å². The first-order chi connectivity index (χ1) is 27.8. The van der Waals surface area contributed by atoms with Crippen LogP contribution in [-0.2, 0) is 0 Å². The van der Waals surface area contributed by atoms with E-state index >= 15 is 0 Å². The highest BCUT2D eigenvalue weighted by Gasteiger charge is 2.24. The quantitative estimate of drug-likeness (QED) is 0.178. The first-order valence-corrected chi connectivity index (χ1v) is 18.8. The van der Waals surface area contributed by atoms with E-state index in [2.05, 4.69) is 161 Å². The molecule has 0 radical (unpaired) electrons. The second kappa shape index (κ2) is 11.9. The van der Waals surface area contributed by atoms with Gasteiger partial charge in [0.25, 0.3) is 0 Å². The van der Waals surface area contributed by atoms with Gasteiger partial charge in [0.2, 0.25) is 0 Å². The zero-order chi connectivity index (χ0) is 36.7. The van der Waals surface area contributed by atoms with Gasteiger partial charge in [0.15, 0.2) is 0 Å². The third-order valence-corrected chi connectivity index (χ3v) is 11.2. The lowest BCUT2D eigenvalue weighted by atomic mass is 9.99. The first kappa shape index (κ1) is 30.7. The van der Waals surface area contributed by atoms with Crippen molar-refractivity contribution in [1.29, 1.82) is 0 Å². The highest BCUT2D eigenvalue weighted by atomic mass is 16.3. The average Bonchev–Trinajstić information content (AvgIpc) is 4.03. The first-order valence-electron chi connectivity index (χ1n) is 18.8. The Kier molecular flexibility index (Phi) is 6.53. The molecule has 8 aromatic carbocycles. The lowest BCUT2D eigenvalue weighted by molar-refractivity contribution is 0.669. The van der Waals surface area contributed by atoms with Crippen LogP contribution in [0.25, 0.3) is 105 Å². The van der Waals surface area contributed by atoms with Crippen molar-refractivity contribution in [2.45, 2.75) is 0 Å². The van der Waals surface area contributed by atoms with Crippen molar-refractivity contribution in [3.63, 3.8) is 0 Å². The Morgan fingerprint density at radius 3 is 1.80 bits per heavy atom. The average molecular weight is 718 g/mol. The highest BCUT2D eigenvalue weighted by Crippen LogP contribution is 2.43. The molecule has 0 fully saturated rings. The molecule has 6 nitrogen and oxygen atoms in total. The van der Waals surface area contributed by atoms with Crippen LogP contribution in [0, 0.1) is 0 Å². The smallest absolute Gasteiger partial charge is 0.136 e. The molecule has 0 aliphatic heterocycles. The molecule has 56 heavy (non-hydrogen) atoms. The van der Waals surface area contributed by atoms with Crippen LogP contribution >= 0.6 is 0 Å². The summed E-state index contributed by atoms with van der Waals surface area (Å²) in [7, 11) is 0. The van der Waals surface area contributed by atoms with Crippen LogP contribution in [0.4, 0.5) is 0 Å². The molecule has 0 aliphatic carbocycles. The van der Waals surface area contributed by atoms with Gasteiger partial charge in [-0.1, -0.05) is 127 Å². The molecule has 4 heterocycles. The van der Waals surface area contributed by atoms with Crippen molar-refractivity contribution in [2.75, 3.05) is 0 Å². The molecule has 0 atom stereocenters. The number of fused-ring (bicyclic) bond motifs is 9. The molecular formula is C50H31N5O. The number of benzene rings is 8. The van der Waals surface area contributed by atoms with E-state index in [1.165, 1.54) is 5.39 Å². The minimum absolute atomic E-state index is 0.839. The summed E-state index contributed by atoms with van der Waals surface area (Å²) >= 11 is 0. The van der Waals surface area contributed by atoms with Crippen molar-refractivity contribution in [3.05, 3.63) is 188 Å². The Bertz CT molecular complexity index is 3420. The van der Waals surface area contributed by atoms with Crippen LogP contribution in [0.3, 0.4) is 0 Å². The number of para-hydroxylation sites is 4. The lowest BCUT2D eigenvalue weighted by Crippen LogP contribution is -2.00. The number of hydrogen-bond donors (Lipinski definition) is 0. The molecule has 0 unspecified atom stereocenters. The molecule has 0 saturated carbocycles. The van der Waals surface area contributed by atoms with E-state index in [9.17, 15) is 0 Å². The van der Waals surface area contributed by atoms with E-state index in [1.54, 1.807) is 0 Å². The third-order valence-electron chi connectivity index (χ3n) is 11.2. The Balaban J connectivity index is 1.12. The Hall–Kier alpha value is -7.70. The summed E-state index contributed by atoms with van der Waals surface area (Å²) in [6, 6.07) is 66.3. The molecule has 0 bridgehead atoms. The number of nitrogens with zero attached hydrogens (tertiary/aromatic N) is 5. The number of furan rings is 1. The maximum atomic E-state index is 6.35. The van der Waals surface area contributed by atoms with E-state index in [0.717, 1.165) is 99.7 Å². The fraction of sp³-hybridized carbons (Fsp3) is 0. The zero-order valence-electron chi connectivity index (χ0n) is 30.0. The number of rotatable bonds is 5. The lowest BCUT2D eigenvalue weighted by Gasteiger charge is -2.13. The van der Waals surface area contributed by atoms with E-state index in [0.29, 0.717) is 0 Å². The normalized spacial score (nSPS) is 11.9. The van der Waals surface area contributed by atoms with Gasteiger partial charge < -0.3 is 13.6 Å². The van der Waals surface area contributed by atoms with Gasteiger partial charge in [-0.3, -0.25) is 0 Å². The molecular weight excluding hydrogens is 687 g/mol. The fourth-order valence-electron chi connectivity index (χ4n) is 8.79. The van der Waals surface area contributed by atoms with Gasteiger partial charge in [-0.05, 0) is 66.7 Å². The Morgan fingerprint density at radius 2 is 1.00 bits per heavy atom. The van der Waals surface area contributed by atoms with E-state index < -0.39 is 0 Å². The van der Waals surface area contributed by atoms with E-state index in [1.807, 2.05) is 41.1 Å². The van der Waals surface area contributed by atoms with E-state index in [4.69, 9.17) is 14.7 Å². The Morgan fingerprint density at radius 1 is 0.393 bits per heavy atom. The molecule has 262 valence electrons. The largest absolute Gasteiger partial charge is 0.456 e. The SMILES string of the molecule is c1ccc(-c2nnn(-c3ccccc3)c2-c2cccc3c2c2ccccc2n3-c2cccc(-n3c4ccccc4c4cc5oc6ccccc6c5cc43)c2)cc1. The summed E-state index contributed by atoms with van der Waals surface area (Å²) in [4.78, 5) is 0. The second-order valence-electron chi connectivity index (χ2n) is 14.3. The summed E-state index contributed by atoms with van der Waals surface area (Å²) in [5, 5.41) is 16.5. The molecule has 0 aliphatic rings. The van der Waals surface area contributed by atoms with Gasteiger partial charge in [-0.2, -0.15) is 0 Å². The van der Waals surface area contributed by atoms with Crippen LogP contribution < -0.4 is 0 Å². The van der Waals surface area contributed by atoms with Gasteiger partial charge in [0, 0.05) is 54.8 Å². The summed E-state index contributed by atoms with van der Waals surface area (Å²) in [5.41, 5.74) is 13.3. The molecule has 12 rings (SSSR count). The van der Waals surface area contributed by atoms with Gasteiger partial charge in [-0.25, -0.2) is 4.68 Å². The van der Waals surface area contributed by atoms with Crippen LogP contribution in [0.15, 0.2) is 192 Å². The minimum atomic E-state index is 0.839. The highest BCUT2D eigenvalue weighted by molar-refractivity contribution is 6.18. The van der Waals surface area contributed by atoms with Crippen molar-refractivity contribution in [1.82, 2.24) is 24.1 Å². The van der Waals surface area contributed by atoms with Crippen molar-refractivity contribution in [3.8, 4) is 39.6 Å². The summed E-state index contributed by atoms with van der Waals surface area (Å²) in [5.74, 6) is 0. The van der Waals surface area contributed by atoms with Crippen LogP contribution in [0.1, 0.15) is 0 Å². The predicted molar refractivity (Wildman–Crippen MR) is 228 cm³/mol. The molecule has 0 amide bonds. The van der Waals surface area contributed by atoms with Crippen LogP contribution in [0.2, 0.25) is 0 Å². The van der Waals surface area contributed by atoms with Crippen LogP contribution in [0.5, 0.6) is 0 Å². The third kappa shape index (κ3) is 4.44. The molecule has 4 aromatic heterocycles. The van der Waals surface area contributed by atoms with E-state index in [-0.39, 0.29) is 0 Å². The summed E-state index contributed by atoms with van der Waals surface area (Å²) in [6.45, 7) is 0. The monoisotopic (exact) mass is 717 g/mol. The minimum Gasteiger partial charge on any atom is -0.456 e. The van der Waals surface area contributed by atoms with Gasteiger partial charge in [-0.15, -0.1) is 5.10 Å². The molecule has 0 spiro atoms.